The monoisotopic (exact) mass is 270 g/mol. The maximum absolute atomic E-state index is 8.94. The van der Waals surface area contributed by atoms with Gasteiger partial charge in [-0.25, -0.2) is 4.98 Å². The van der Waals surface area contributed by atoms with Gasteiger partial charge in [-0.05, 0) is 25.7 Å². The lowest BCUT2D eigenvalue weighted by Crippen LogP contribution is -2.30. The van der Waals surface area contributed by atoms with Crippen molar-refractivity contribution in [1.29, 1.82) is 0 Å². The molecule has 100 valence electrons. The van der Waals surface area contributed by atoms with Crippen LogP contribution in [0.2, 0.25) is 5.02 Å². The molecule has 0 saturated carbocycles. The van der Waals surface area contributed by atoms with Gasteiger partial charge in [0, 0.05) is 26.2 Å². The molecule has 18 heavy (non-hydrogen) atoms. The largest absolute Gasteiger partial charge is 0.396 e. The zero-order chi connectivity index (χ0) is 13.0. The topological polar surface area (TPSA) is 61.3 Å². The fourth-order valence-electron chi connectivity index (χ4n) is 2.42. The van der Waals surface area contributed by atoms with E-state index in [1.165, 1.54) is 0 Å². The second-order valence-corrected chi connectivity index (χ2v) is 4.88. The summed E-state index contributed by atoms with van der Waals surface area (Å²) in [5.74, 6) is 1.39. The summed E-state index contributed by atoms with van der Waals surface area (Å²) >= 11 is 6.19. The summed E-state index contributed by atoms with van der Waals surface area (Å²) in [4.78, 5) is 10.8. The Hall–Kier alpha value is -1.07. The molecule has 1 aliphatic rings. The fourth-order valence-corrected chi connectivity index (χ4v) is 2.62. The number of anilines is 2. The molecule has 1 unspecified atom stereocenters. The van der Waals surface area contributed by atoms with Crippen molar-refractivity contribution in [3.8, 4) is 0 Å². The standard InChI is InChI=1S/C12H19ClN4O/c1-14-12-15-8-10(13)11(16-12)17-6-2-4-9(17)5-3-7-18/h8-9,18H,2-7H2,1H3,(H,14,15,16). The number of hydrogen-bond acceptors (Lipinski definition) is 5. The van der Waals surface area contributed by atoms with Crippen molar-refractivity contribution in [3.63, 3.8) is 0 Å². The molecular weight excluding hydrogens is 252 g/mol. The first kappa shape index (κ1) is 13.4. The number of aliphatic hydroxyl groups is 1. The number of aliphatic hydroxyl groups excluding tert-OH is 1. The van der Waals surface area contributed by atoms with Crippen LogP contribution in [0.15, 0.2) is 6.20 Å². The minimum Gasteiger partial charge on any atom is -0.396 e. The van der Waals surface area contributed by atoms with E-state index in [2.05, 4.69) is 20.2 Å². The smallest absolute Gasteiger partial charge is 0.224 e. The summed E-state index contributed by atoms with van der Waals surface area (Å²) in [5.41, 5.74) is 0. The Morgan fingerprint density at radius 1 is 1.61 bits per heavy atom. The van der Waals surface area contributed by atoms with Gasteiger partial charge in [0.05, 0.1) is 6.20 Å². The van der Waals surface area contributed by atoms with Crippen molar-refractivity contribution >= 4 is 23.4 Å². The highest BCUT2D eigenvalue weighted by Gasteiger charge is 2.27. The van der Waals surface area contributed by atoms with Gasteiger partial charge in [0.15, 0.2) is 5.82 Å². The van der Waals surface area contributed by atoms with Crippen molar-refractivity contribution in [2.24, 2.45) is 0 Å². The van der Waals surface area contributed by atoms with Gasteiger partial charge in [-0.2, -0.15) is 4.98 Å². The third-order valence-corrected chi connectivity index (χ3v) is 3.56. The van der Waals surface area contributed by atoms with Gasteiger partial charge in [-0.1, -0.05) is 11.6 Å². The minimum atomic E-state index is 0.240. The highest BCUT2D eigenvalue weighted by Crippen LogP contribution is 2.31. The van der Waals surface area contributed by atoms with Crippen molar-refractivity contribution in [1.82, 2.24) is 9.97 Å². The lowest BCUT2D eigenvalue weighted by Gasteiger charge is -2.26. The van der Waals surface area contributed by atoms with Crippen LogP contribution in [0.5, 0.6) is 0 Å². The van der Waals surface area contributed by atoms with Gasteiger partial charge in [0.1, 0.15) is 5.02 Å². The molecule has 0 bridgehead atoms. The van der Waals surface area contributed by atoms with E-state index in [1.807, 2.05) is 0 Å². The van der Waals surface area contributed by atoms with Crippen molar-refractivity contribution in [2.75, 3.05) is 30.4 Å². The van der Waals surface area contributed by atoms with E-state index in [0.717, 1.165) is 38.0 Å². The Morgan fingerprint density at radius 3 is 3.17 bits per heavy atom. The summed E-state index contributed by atoms with van der Waals surface area (Å²) < 4.78 is 0. The van der Waals surface area contributed by atoms with Gasteiger partial charge in [-0.3, -0.25) is 0 Å². The van der Waals surface area contributed by atoms with E-state index in [9.17, 15) is 0 Å². The lowest BCUT2D eigenvalue weighted by atomic mass is 10.1. The maximum Gasteiger partial charge on any atom is 0.224 e. The molecule has 2 N–H and O–H groups in total. The molecule has 0 aliphatic carbocycles. The van der Waals surface area contributed by atoms with Crippen molar-refractivity contribution < 1.29 is 5.11 Å². The molecule has 0 radical (unpaired) electrons. The summed E-state index contributed by atoms with van der Waals surface area (Å²) in [6, 6.07) is 0.425. The summed E-state index contributed by atoms with van der Waals surface area (Å²) in [5, 5.41) is 12.5. The van der Waals surface area contributed by atoms with Crippen LogP contribution in [-0.4, -0.2) is 41.3 Å². The number of hydrogen-bond donors (Lipinski definition) is 2. The van der Waals surface area contributed by atoms with Crippen LogP contribution < -0.4 is 10.2 Å². The second-order valence-electron chi connectivity index (χ2n) is 4.47. The Balaban J connectivity index is 2.18. The summed E-state index contributed by atoms with van der Waals surface area (Å²) in [6.07, 6.45) is 5.71. The van der Waals surface area contributed by atoms with Crippen molar-refractivity contribution in [3.05, 3.63) is 11.2 Å². The SMILES string of the molecule is CNc1ncc(Cl)c(N2CCCC2CCCO)n1. The van der Waals surface area contributed by atoms with Crippen LogP contribution in [0.4, 0.5) is 11.8 Å². The first-order valence-corrected chi connectivity index (χ1v) is 6.72. The third-order valence-electron chi connectivity index (χ3n) is 3.29. The van der Waals surface area contributed by atoms with Gasteiger partial charge in [-0.15, -0.1) is 0 Å². The predicted molar refractivity (Wildman–Crippen MR) is 73.3 cm³/mol. The zero-order valence-electron chi connectivity index (χ0n) is 10.6. The number of aromatic nitrogens is 2. The van der Waals surface area contributed by atoms with E-state index in [1.54, 1.807) is 13.2 Å². The van der Waals surface area contributed by atoms with Gasteiger partial charge < -0.3 is 15.3 Å². The van der Waals surface area contributed by atoms with Crippen LogP contribution in [0.3, 0.4) is 0 Å². The van der Waals surface area contributed by atoms with E-state index in [0.29, 0.717) is 17.0 Å². The Bertz CT molecular complexity index is 402. The number of halogens is 1. The number of nitrogens with one attached hydrogen (secondary N) is 1. The Labute approximate surface area is 112 Å². The van der Waals surface area contributed by atoms with E-state index in [4.69, 9.17) is 16.7 Å². The molecule has 1 fully saturated rings. The molecule has 1 saturated heterocycles. The molecule has 1 atom stereocenters. The predicted octanol–water partition coefficient (Wildman–Crippen LogP) is 1.91. The van der Waals surface area contributed by atoms with E-state index >= 15 is 0 Å². The summed E-state index contributed by atoms with van der Waals surface area (Å²) in [6.45, 7) is 1.21. The van der Waals surface area contributed by atoms with Crippen molar-refractivity contribution in [2.45, 2.75) is 31.7 Å². The molecule has 0 aromatic carbocycles. The van der Waals surface area contributed by atoms with Crippen LogP contribution in [0, 0.1) is 0 Å². The zero-order valence-corrected chi connectivity index (χ0v) is 11.3. The molecular formula is C12H19ClN4O. The highest BCUT2D eigenvalue weighted by molar-refractivity contribution is 6.32. The Kier molecular flexibility index (Phi) is 4.60. The summed E-state index contributed by atoms with van der Waals surface area (Å²) in [7, 11) is 1.79. The van der Waals surface area contributed by atoms with Crippen LogP contribution in [0.1, 0.15) is 25.7 Å². The quantitative estimate of drug-likeness (QED) is 0.856. The maximum atomic E-state index is 8.94. The average Bonchev–Trinajstić information content (AvgIpc) is 2.85. The van der Waals surface area contributed by atoms with Crippen LogP contribution in [-0.2, 0) is 0 Å². The fraction of sp³-hybridized carbons (Fsp3) is 0.667. The molecule has 1 aliphatic heterocycles. The first-order chi connectivity index (χ1) is 8.76. The molecule has 5 nitrogen and oxygen atoms in total. The number of nitrogens with zero attached hydrogens (tertiary/aromatic N) is 3. The number of rotatable bonds is 5. The molecule has 2 rings (SSSR count). The van der Waals surface area contributed by atoms with Gasteiger partial charge >= 0.3 is 0 Å². The molecule has 0 amide bonds. The molecule has 1 aromatic rings. The molecule has 6 heteroatoms. The lowest BCUT2D eigenvalue weighted by molar-refractivity contribution is 0.279. The minimum absolute atomic E-state index is 0.240. The van der Waals surface area contributed by atoms with Crippen LogP contribution >= 0.6 is 11.6 Å². The van der Waals surface area contributed by atoms with Gasteiger partial charge in [0.2, 0.25) is 5.95 Å². The van der Waals surface area contributed by atoms with Crippen LogP contribution in [0.25, 0.3) is 0 Å². The molecule has 1 aromatic heterocycles. The van der Waals surface area contributed by atoms with Gasteiger partial charge in [0.25, 0.3) is 0 Å². The third kappa shape index (κ3) is 2.84. The molecule has 0 spiro atoms. The first-order valence-electron chi connectivity index (χ1n) is 6.34. The Morgan fingerprint density at radius 2 is 2.44 bits per heavy atom. The highest BCUT2D eigenvalue weighted by atomic mass is 35.5. The second kappa shape index (κ2) is 6.20. The average molecular weight is 271 g/mol. The van der Waals surface area contributed by atoms with E-state index in [-0.39, 0.29) is 6.61 Å². The molecule has 2 heterocycles. The van der Waals surface area contributed by atoms with E-state index < -0.39 is 0 Å². The normalized spacial score (nSPS) is 19.3.